The van der Waals surface area contributed by atoms with Gasteiger partial charge >= 0.3 is 12.0 Å². The summed E-state index contributed by atoms with van der Waals surface area (Å²) in [7, 11) is 1.67. The fourth-order valence-corrected chi connectivity index (χ4v) is 2.19. The molecule has 0 heterocycles. The number of hydrogen-bond acceptors (Lipinski definition) is 3. The predicted octanol–water partition coefficient (Wildman–Crippen LogP) is 1.52. The van der Waals surface area contributed by atoms with Crippen molar-refractivity contribution in [3.8, 4) is 0 Å². The Hall–Kier alpha value is -1.85. The van der Waals surface area contributed by atoms with Crippen molar-refractivity contribution >= 4 is 17.9 Å². The first-order chi connectivity index (χ1) is 9.00. The molecule has 0 radical (unpaired) electrons. The van der Waals surface area contributed by atoms with Gasteiger partial charge in [-0.05, 0) is 12.8 Å². The van der Waals surface area contributed by atoms with Crippen molar-refractivity contribution in [1.29, 1.82) is 0 Å². The molecule has 1 fully saturated rings. The lowest BCUT2D eigenvalue weighted by Gasteiger charge is -2.26. The van der Waals surface area contributed by atoms with Gasteiger partial charge in [-0.2, -0.15) is 0 Å². The predicted molar refractivity (Wildman–Crippen MR) is 69.6 cm³/mol. The first-order valence-electron chi connectivity index (χ1n) is 6.49. The van der Waals surface area contributed by atoms with Crippen molar-refractivity contribution in [2.75, 3.05) is 7.05 Å². The molecule has 0 spiro atoms. The van der Waals surface area contributed by atoms with E-state index in [0.29, 0.717) is 6.08 Å². The van der Waals surface area contributed by atoms with Crippen LogP contribution in [-0.4, -0.2) is 41.0 Å². The second-order valence-corrected chi connectivity index (χ2v) is 4.72. The number of amides is 3. The zero-order chi connectivity index (χ0) is 14.3. The molecule has 0 unspecified atom stereocenters. The summed E-state index contributed by atoms with van der Waals surface area (Å²) >= 11 is 0. The van der Waals surface area contributed by atoms with Gasteiger partial charge in [-0.3, -0.25) is 10.1 Å². The number of carboxylic acid groups (broad SMARTS) is 1. The van der Waals surface area contributed by atoms with Gasteiger partial charge in [0.05, 0.1) is 0 Å². The molecule has 1 aliphatic rings. The van der Waals surface area contributed by atoms with Crippen LogP contribution in [0.1, 0.15) is 38.5 Å². The molecule has 1 aliphatic carbocycles. The van der Waals surface area contributed by atoms with E-state index in [-0.39, 0.29) is 6.04 Å². The standard InChI is InChI=1S/C13H20N2O4/c1-15(10-6-4-2-3-5-7-10)13(19)14-11(16)8-9-12(17)18/h8-10H,2-7H2,1H3,(H,17,18)(H,14,16,19)/b9-8+. The third-order valence-corrected chi connectivity index (χ3v) is 3.30. The van der Waals surface area contributed by atoms with Crippen LogP contribution in [0, 0.1) is 0 Å². The van der Waals surface area contributed by atoms with E-state index in [9.17, 15) is 14.4 Å². The zero-order valence-electron chi connectivity index (χ0n) is 11.1. The number of carbonyl (C=O) groups excluding carboxylic acids is 2. The van der Waals surface area contributed by atoms with Gasteiger partial charge in [0.1, 0.15) is 0 Å². The first kappa shape index (κ1) is 15.2. The largest absolute Gasteiger partial charge is 0.478 e. The fraction of sp³-hybridized carbons (Fsp3) is 0.615. The molecular formula is C13H20N2O4. The van der Waals surface area contributed by atoms with Crippen molar-refractivity contribution in [2.24, 2.45) is 0 Å². The Balaban J connectivity index is 2.47. The normalized spacial score (nSPS) is 16.9. The quantitative estimate of drug-likeness (QED) is 0.600. The molecule has 1 saturated carbocycles. The summed E-state index contributed by atoms with van der Waals surface area (Å²) < 4.78 is 0. The summed E-state index contributed by atoms with van der Waals surface area (Å²) in [6.07, 6.45) is 7.99. The van der Waals surface area contributed by atoms with Gasteiger partial charge in [-0.25, -0.2) is 9.59 Å². The summed E-state index contributed by atoms with van der Waals surface area (Å²) in [5.74, 6) is -1.94. The second kappa shape index (κ2) is 7.56. The summed E-state index contributed by atoms with van der Waals surface area (Å²) in [6, 6.07) is -0.328. The molecule has 2 N–H and O–H groups in total. The number of nitrogens with zero attached hydrogens (tertiary/aromatic N) is 1. The van der Waals surface area contributed by atoms with Crippen molar-refractivity contribution < 1.29 is 19.5 Å². The lowest BCUT2D eigenvalue weighted by atomic mass is 10.1. The molecular weight excluding hydrogens is 248 g/mol. The maximum absolute atomic E-state index is 11.8. The minimum atomic E-state index is -1.22. The highest BCUT2D eigenvalue weighted by Gasteiger charge is 2.21. The Morgan fingerprint density at radius 2 is 1.68 bits per heavy atom. The number of rotatable bonds is 3. The molecule has 106 valence electrons. The van der Waals surface area contributed by atoms with E-state index in [1.807, 2.05) is 0 Å². The molecule has 19 heavy (non-hydrogen) atoms. The molecule has 0 aromatic rings. The van der Waals surface area contributed by atoms with Crippen molar-refractivity contribution in [3.05, 3.63) is 12.2 Å². The van der Waals surface area contributed by atoms with Crippen LogP contribution < -0.4 is 5.32 Å². The maximum Gasteiger partial charge on any atom is 0.328 e. The van der Waals surface area contributed by atoms with Crippen molar-refractivity contribution in [3.63, 3.8) is 0 Å². The first-order valence-corrected chi connectivity index (χ1v) is 6.49. The van der Waals surface area contributed by atoms with E-state index in [1.165, 1.54) is 17.7 Å². The topological polar surface area (TPSA) is 86.7 Å². The molecule has 0 aromatic heterocycles. The highest BCUT2D eigenvalue weighted by Crippen LogP contribution is 2.20. The Morgan fingerprint density at radius 1 is 1.11 bits per heavy atom. The fourth-order valence-electron chi connectivity index (χ4n) is 2.19. The average Bonchev–Trinajstić information content (AvgIpc) is 2.64. The third-order valence-electron chi connectivity index (χ3n) is 3.30. The minimum absolute atomic E-state index is 0.152. The van der Waals surface area contributed by atoms with E-state index in [1.54, 1.807) is 7.05 Å². The molecule has 0 saturated heterocycles. The highest BCUT2D eigenvalue weighted by molar-refractivity contribution is 6.02. The van der Waals surface area contributed by atoms with Gasteiger partial charge in [-0.1, -0.05) is 25.7 Å². The Morgan fingerprint density at radius 3 is 2.21 bits per heavy atom. The van der Waals surface area contributed by atoms with Gasteiger partial charge in [0.2, 0.25) is 0 Å². The minimum Gasteiger partial charge on any atom is -0.478 e. The Labute approximate surface area is 112 Å². The Kier molecular flexibility index (Phi) is 6.05. The van der Waals surface area contributed by atoms with Crippen LogP contribution in [0.15, 0.2) is 12.2 Å². The lowest BCUT2D eigenvalue weighted by Crippen LogP contribution is -2.45. The maximum atomic E-state index is 11.8. The molecule has 6 heteroatoms. The molecule has 0 bridgehead atoms. The van der Waals surface area contributed by atoms with E-state index in [4.69, 9.17) is 5.11 Å². The summed E-state index contributed by atoms with van der Waals surface area (Å²) in [4.78, 5) is 34.9. The molecule has 3 amide bonds. The van der Waals surface area contributed by atoms with Gasteiger partial charge in [-0.15, -0.1) is 0 Å². The van der Waals surface area contributed by atoms with Crippen LogP contribution in [0.4, 0.5) is 4.79 Å². The number of nitrogens with one attached hydrogen (secondary N) is 1. The van der Waals surface area contributed by atoms with Crippen molar-refractivity contribution in [1.82, 2.24) is 10.2 Å². The monoisotopic (exact) mass is 268 g/mol. The molecule has 6 nitrogen and oxygen atoms in total. The summed E-state index contributed by atoms with van der Waals surface area (Å²) in [5.41, 5.74) is 0. The lowest BCUT2D eigenvalue weighted by molar-refractivity contribution is -0.131. The van der Waals surface area contributed by atoms with Gasteiger partial charge in [0.25, 0.3) is 5.91 Å². The van der Waals surface area contributed by atoms with E-state index in [0.717, 1.165) is 31.8 Å². The van der Waals surface area contributed by atoms with Crippen LogP contribution in [0.3, 0.4) is 0 Å². The van der Waals surface area contributed by atoms with E-state index in [2.05, 4.69) is 5.32 Å². The van der Waals surface area contributed by atoms with Crippen LogP contribution >= 0.6 is 0 Å². The Bertz CT molecular complexity index is 371. The third kappa shape index (κ3) is 5.54. The number of hydrogen-bond donors (Lipinski definition) is 2. The average molecular weight is 268 g/mol. The molecule has 0 aromatic carbocycles. The molecule has 0 aliphatic heterocycles. The van der Waals surface area contributed by atoms with Crippen LogP contribution in [0.25, 0.3) is 0 Å². The van der Waals surface area contributed by atoms with Crippen LogP contribution in [-0.2, 0) is 9.59 Å². The summed E-state index contributed by atoms with van der Waals surface area (Å²) in [5, 5.41) is 10.5. The van der Waals surface area contributed by atoms with Gasteiger partial charge < -0.3 is 10.0 Å². The number of imide groups is 1. The number of carbonyl (C=O) groups is 3. The smallest absolute Gasteiger partial charge is 0.328 e. The zero-order valence-corrected chi connectivity index (χ0v) is 11.1. The SMILES string of the molecule is CN(C(=O)NC(=O)/C=C/C(=O)O)C1CCCCCC1. The number of carboxylic acids is 1. The second-order valence-electron chi connectivity index (χ2n) is 4.72. The van der Waals surface area contributed by atoms with E-state index < -0.39 is 17.9 Å². The molecule has 1 rings (SSSR count). The van der Waals surface area contributed by atoms with E-state index >= 15 is 0 Å². The number of urea groups is 1. The number of aliphatic carboxylic acids is 1. The highest BCUT2D eigenvalue weighted by atomic mass is 16.4. The van der Waals surface area contributed by atoms with Gasteiger partial charge in [0, 0.05) is 25.2 Å². The molecule has 0 atom stereocenters. The summed E-state index contributed by atoms with van der Waals surface area (Å²) in [6.45, 7) is 0. The van der Waals surface area contributed by atoms with Crippen molar-refractivity contribution in [2.45, 2.75) is 44.6 Å². The van der Waals surface area contributed by atoms with Crippen LogP contribution in [0.5, 0.6) is 0 Å². The van der Waals surface area contributed by atoms with Gasteiger partial charge in [0.15, 0.2) is 0 Å². The van der Waals surface area contributed by atoms with Crippen LogP contribution in [0.2, 0.25) is 0 Å².